The van der Waals surface area contributed by atoms with Crippen molar-refractivity contribution < 1.29 is 10.0 Å². The average molecular weight is 254 g/mol. The van der Waals surface area contributed by atoms with Crippen LogP contribution in [-0.2, 0) is 6.61 Å². The number of nitro groups is 1. The highest BCUT2D eigenvalue weighted by atomic mass is 35.5. The maximum atomic E-state index is 10.9. The predicted octanol–water partition coefficient (Wildman–Crippen LogP) is 1.93. The molecule has 2 rings (SSSR count). The molecule has 0 fully saturated rings. The van der Waals surface area contributed by atoms with E-state index in [1.54, 1.807) is 12.1 Å². The van der Waals surface area contributed by atoms with Gasteiger partial charge in [0.05, 0.1) is 22.2 Å². The van der Waals surface area contributed by atoms with Crippen LogP contribution >= 0.6 is 11.6 Å². The molecule has 88 valence electrons. The van der Waals surface area contributed by atoms with E-state index in [2.05, 4.69) is 5.10 Å². The minimum Gasteiger partial charge on any atom is -0.390 e. The first-order valence-electron chi connectivity index (χ1n) is 4.72. The summed E-state index contributed by atoms with van der Waals surface area (Å²) in [4.78, 5) is 10.4. The van der Waals surface area contributed by atoms with Crippen LogP contribution in [0.4, 0.5) is 5.69 Å². The molecule has 0 radical (unpaired) electrons. The van der Waals surface area contributed by atoms with Gasteiger partial charge in [0.25, 0.3) is 5.69 Å². The van der Waals surface area contributed by atoms with Crippen molar-refractivity contribution in [1.29, 1.82) is 0 Å². The van der Waals surface area contributed by atoms with Gasteiger partial charge >= 0.3 is 0 Å². The number of nitro benzene ring substituents is 1. The van der Waals surface area contributed by atoms with Crippen molar-refractivity contribution in [2.75, 3.05) is 0 Å². The summed E-state index contributed by atoms with van der Waals surface area (Å²) in [5.74, 6) is 0. The highest BCUT2D eigenvalue weighted by molar-refractivity contribution is 6.32. The third-order valence-electron chi connectivity index (χ3n) is 2.20. The van der Waals surface area contributed by atoms with E-state index in [-0.39, 0.29) is 23.0 Å². The standard InChI is InChI=1S/C10H8ClN3O3/c11-8-2-1-3-9(14(16)17)10(8)13-5-4-7(6-15)12-13/h1-5,15H,6H2. The Labute approximate surface area is 101 Å². The Morgan fingerprint density at radius 3 is 2.82 bits per heavy atom. The smallest absolute Gasteiger partial charge is 0.296 e. The number of hydrogen-bond acceptors (Lipinski definition) is 4. The molecule has 7 heteroatoms. The number of halogens is 1. The Morgan fingerprint density at radius 2 is 2.24 bits per heavy atom. The van der Waals surface area contributed by atoms with Gasteiger partial charge in [0, 0.05) is 12.3 Å². The van der Waals surface area contributed by atoms with Gasteiger partial charge in [0.1, 0.15) is 0 Å². The van der Waals surface area contributed by atoms with Gasteiger partial charge in [-0.1, -0.05) is 17.7 Å². The number of para-hydroxylation sites is 1. The van der Waals surface area contributed by atoms with Gasteiger partial charge in [0.2, 0.25) is 0 Å². The SMILES string of the molecule is O=[N+]([O-])c1cccc(Cl)c1-n1ccc(CO)n1. The Hall–Kier alpha value is -1.92. The number of benzene rings is 1. The van der Waals surface area contributed by atoms with Gasteiger partial charge in [-0.3, -0.25) is 10.1 Å². The molecular formula is C10H8ClN3O3. The van der Waals surface area contributed by atoms with Gasteiger partial charge in [-0.05, 0) is 12.1 Å². The Morgan fingerprint density at radius 1 is 1.47 bits per heavy atom. The van der Waals surface area contributed by atoms with Gasteiger partial charge in [-0.15, -0.1) is 0 Å². The Balaban J connectivity index is 2.61. The molecule has 0 spiro atoms. The van der Waals surface area contributed by atoms with Crippen molar-refractivity contribution in [3.05, 3.63) is 51.3 Å². The zero-order valence-corrected chi connectivity index (χ0v) is 9.33. The summed E-state index contributed by atoms with van der Waals surface area (Å²) in [6, 6.07) is 5.96. The molecule has 0 aliphatic carbocycles. The lowest BCUT2D eigenvalue weighted by molar-refractivity contribution is -0.384. The molecule has 0 atom stereocenters. The molecule has 0 saturated carbocycles. The summed E-state index contributed by atoms with van der Waals surface area (Å²) < 4.78 is 1.28. The van der Waals surface area contributed by atoms with Gasteiger partial charge in [-0.25, -0.2) is 4.68 Å². The molecule has 1 aromatic carbocycles. The van der Waals surface area contributed by atoms with E-state index in [1.165, 1.54) is 23.0 Å². The van der Waals surface area contributed by atoms with Gasteiger partial charge in [0.15, 0.2) is 5.69 Å². The second-order valence-electron chi connectivity index (χ2n) is 3.27. The van der Waals surface area contributed by atoms with E-state index >= 15 is 0 Å². The summed E-state index contributed by atoms with van der Waals surface area (Å²) in [5.41, 5.74) is 0.475. The average Bonchev–Trinajstić information content (AvgIpc) is 2.76. The zero-order valence-electron chi connectivity index (χ0n) is 8.58. The summed E-state index contributed by atoms with van der Waals surface area (Å²) in [5, 5.41) is 24.0. The molecule has 1 aromatic heterocycles. The number of aliphatic hydroxyl groups excluding tert-OH is 1. The van der Waals surface area contributed by atoms with Crippen molar-refractivity contribution in [1.82, 2.24) is 9.78 Å². The lowest BCUT2D eigenvalue weighted by atomic mass is 10.2. The number of aromatic nitrogens is 2. The molecular weight excluding hydrogens is 246 g/mol. The first-order valence-corrected chi connectivity index (χ1v) is 5.10. The van der Waals surface area contributed by atoms with E-state index in [0.717, 1.165) is 0 Å². The molecule has 0 aliphatic heterocycles. The maximum Gasteiger partial charge on any atom is 0.296 e. The third-order valence-corrected chi connectivity index (χ3v) is 2.50. The lowest BCUT2D eigenvalue weighted by Crippen LogP contribution is -2.02. The van der Waals surface area contributed by atoms with Crippen molar-refractivity contribution in [3.8, 4) is 5.69 Å². The largest absolute Gasteiger partial charge is 0.390 e. The normalized spacial score (nSPS) is 10.5. The summed E-state index contributed by atoms with van der Waals surface area (Å²) >= 11 is 5.93. The molecule has 2 aromatic rings. The number of nitrogens with zero attached hydrogens (tertiary/aromatic N) is 3. The second-order valence-corrected chi connectivity index (χ2v) is 3.68. The van der Waals surface area contributed by atoms with Crippen LogP contribution in [0.5, 0.6) is 0 Å². The number of rotatable bonds is 3. The quantitative estimate of drug-likeness (QED) is 0.669. The Kier molecular flexibility index (Phi) is 3.08. The molecule has 0 saturated heterocycles. The fourth-order valence-corrected chi connectivity index (χ4v) is 1.70. The minimum absolute atomic E-state index is 0.134. The van der Waals surface area contributed by atoms with Gasteiger partial charge in [-0.2, -0.15) is 5.10 Å². The fourth-order valence-electron chi connectivity index (χ4n) is 1.45. The fraction of sp³-hybridized carbons (Fsp3) is 0.100. The van der Waals surface area contributed by atoms with E-state index in [4.69, 9.17) is 16.7 Å². The predicted molar refractivity (Wildman–Crippen MR) is 61.2 cm³/mol. The summed E-state index contributed by atoms with van der Waals surface area (Å²) in [7, 11) is 0. The maximum absolute atomic E-state index is 10.9. The van der Waals surface area contributed by atoms with Crippen LogP contribution in [0, 0.1) is 10.1 Å². The van der Waals surface area contributed by atoms with Crippen molar-refractivity contribution in [2.45, 2.75) is 6.61 Å². The Bertz CT molecular complexity index is 568. The number of hydrogen-bond donors (Lipinski definition) is 1. The summed E-state index contributed by atoms with van der Waals surface area (Å²) in [6.45, 7) is -0.231. The first kappa shape index (κ1) is 11.6. The van der Waals surface area contributed by atoms with Crippen molar-refractivity contribution in [3.63, 3.8) is 0 Å². The topological polar surface area (TPSA) is 81.2 Å². The molecule has 0 bridgehead atoms. The monoisotopic (exact) mass is 253 g/mol. The van der Waals surface area contributed by atoms with Gasteiger partial charge < -0.3 is 5.11 Å². The molecule has 17 heavy (non-hydrogen) atoms. The molecule has 0 aliphatic rings. The minimum atomic E-state index is -0.526. The molecule has 0 amide bonds. The molecule has 1 N–H and O–H groups in total. The van der Waals surface area contributed by atoms with Crippen LogP contribution in [0.15, 0.2) is 30.5 Å². The molecule has 1 heterocycles. The van der Waals surface area contributed by atoms with E-state index in [1.807, 2.05) is 0 Å². The van der Waals surface area contributed by atoms with E-state index in [0.29, 0.717) is 5.69 Å². The van der Waals surface area contributed by atoms with Crippen LogP contribution in [0.2, 0.25) is 5.02 Å². The number of aliphatic hydroxyl groups is 1. The lowest BCUT2D eigenvalue weighted by Gasteiger charge is -2.04. The zero-order chi connectivity index (χ0) is 12.4. The first-order chi connectivity index (χ1) is 8.13. The van der Waals surface area contributed by atoms with Crippen LogP contribution in [0.3, 0.4) is 0 Å². The van der Waals surface area contributed by atoms with E-state index < -0.39 is 4.92 Å². The van der Waals surface area contributed by atoms with Crippen molar-refractivity contribution >= 4 is 17.3 Å². The molecule has 6 nitrogen and oxygen atoms in total. The molecule has 0 unspecified atom stereocenters. The third kappa shape index (κ3) is 2.13. The second kappa shape index (κ2) is 4.52. The highest BCUT2D eigenvalue weighted by Gasteiger charge is 2.19. The van der Waals surface area contributed by atoms with Crippen LogP contribution in [-0.4, -0.2) is 19.8 Å². The van der Waals surface area contributed by atoms with E-state index in [9.17, 15) is 10.1 Å². The van der Waals surface area contributed by atoms with Crippen molar-refractivity contribution in [2.24, 2.45) is 0 Å². The van der Waals surface area contributed by atoms with Crippen LogP contribution in [0.25, 0.3) is 5.69 Å². The van der Waals surface area contributed by atoms with Crippen LogP contribution in [0.1, 0.15) is 5.69 Å². The summed E-state index contributed by atoms with van der Waals surface area (Å²) in [6.07, 6.45) is 1.51. The highest BCUT2D eigenvalue weighted by Crippen LogP contribution is 2.29. The van der Waals surface area contributed by atoms with Crippen LogP contribution < -0.4 is 0 Å².